The highest BCUT2D eigenvalue weighted by molar-refractivity contribution is 5.85. The molecule has 2 unspecified atom stereocenters. The van der Waals surface area contributed by atoms with Crippen LogP contribution in [0.4, 0.5) is 4.39 Å². The lowest BCUT2D eigenvalue weighted by Crippen LogP contribution is -2.19. The second-order valence-electron chi connectivity index (χ2n) is 9.01. The van der Waals surface area contributed by atoms with E-state index in [1.54, 1.807) is 37.7 Å². The highest BCUT2D eigenvalue weighted by Crippen LogP contribution is 2.45. The molecule has 0 aliphatic carbocycles. The summed E-state index contributed by atoms with van der Waals surface area (Å²) in [4.78, 5) is 15.0. The Kier molecular flexibility index (Phi) is 9.77. The summed E-state index contributed by atoms with van der Waals surface area (Å²) in [5.74, 6) is -0.526. The average Bonchev–Trinajstić information content (AvgIpc) is 2.86. The third kappa shape index (κ3) is 7.62. The number of benzene rings is 2. The molecule has 0 saturated heterocycles. The molecule has 0 aliphatic rings. The van der Waals surface area contributed by atoms with Crippen molar-refractivity contribution in [2.75, 3.05) is 7.11 Å². The predicted molar refractivity (Wildman–Crippen MR) is 139 cm³/mol. The fourth-order valence-corrected chi connectivity index (χ4v) is 4.02. The number of aliphatic carboxylic acids is 1. The van der Waals surface area contributed by atoms with Gasteiger partial charge in [-0.15, -0.1) is 0 Å². The van der Waals surface area contributed by atoms with Gasteiger partial charge in [0.15, 0.2) is 11.5 Å². The van der Waals surface area contributed by atoms with Crippen molar-refractivity contribution in [3.05, 3.63) is 83.4 Å². The molecule has 1 aromatic heterocycles. The Labute approximate surface area is 215 Å². The van der Waals surface area contributed by atoms with E-state index in [-0.39, 0.29) is 24.8 Å². The average molecular weight is 510 g/mol. The van der Waals surface area contributed by atoms with Crippen LogP contribution in [-0.4, -0.2) is 45.6 Å². The molecule has 2 aromatic carbocycles. The lowest BCUT2D eigenvalue weighted by atomic mass is 9.88. The van der Waals surface area contributed by atoms with Gasteiger partial charge in [-0.05, 0) is 46.9 Å². The summed E-state index contributed by atoms with van der Waals surface area (Å²) in [5.41, 5.74) is 3.82. The van der Waals surface area contributed by atoms with E-state index in [4.69, 9.17) is 14.6 Å². The number of aromatic nitrogens is 1. The molecule has 2 atom stereocenters. The van der Waals surface area contributed by atoms with E-state index in [2.05, 4.69) is 4.98 Å². The molecule has 0 aliphatic heterocycles. The molecular weight excluding hydrogens is 477 g/mol. The van der Waals surface area contributed by atoms with E-state index < -0.39 is 24.6 Å². The van der Waals surface area contributed by atoms with Crippen molar-refractivity contribution < 1.29 is 34.0 Å². The first-order valence-corrected chi connectivity index (χ1v) is 12.0. The van der Waals surface area contributed by atoms with Crippen molar-refractivity contribution in [1.29, 1.82) is 0 Å². The van der Waals surface area contributed by atoms with E-state index in [1.807, 2.05) is 32.0 Å². The minimum Gasteiger partial charge on any atom is -0.493 e. The largest absolute Gasteiger partial charge is 0.493 e. The molecular formula is C29H32FNO6. The zero-order valence-electron chi connectivity index (χ0n) is 21.1. The van der Waals surface area contributed by atoms with Crippen molar-refractivity contribution in [3.8, 4) is 22.6 Å². The number of aliphatic hydroxyl groups excluding tert-OH is 2. The quantitative estimate of drug-likeness (QED) is 0.308. The molecule has 0 bridgehead atoms. The second kappa shape index (κ2) is 13.0. The molecule has 3 aromatic rings. The highest BCUT2D eigenvalue weighted by Gasteiger charge is 2.23. The number of rotatable bonds is 12. The maximum absolute atomic E-state index is 13.8. The summed E-state index contributed by atoms with van der Waals surface area (Å²) < 4.78 is 25.8. The molecule has 8 heteroatoms. The number of carbonyl (C=O) groups is 1. The number of nitrogens with zero attached hydrogens (tertiary/aromatic N) is 1. The molecule has 0 amide bonds. The van der Waals surface area contributed by atoms with Crippen LogP contribution in [0.15, 0.2) is 60.9 Å². The van der Waals surface area contributed by atoms with Gasteiger partial charge in [0.1, 0.15) is 12.4 Å². The number of carboxylic acid groups (broad SMARTS) is 1. The van der Waals surface area contributed by atoms with Crippen molar-refractivity contribution >= 4 is 12.0 Å². The first-order chi connectivity index (χ1) is 17.7. The molecule has 7 nitrogen and oxygen atoms in total. The molecule has 3 rings (SSSR count). The van der Waals surface area contributed by atoms with E-state index in [0.717, 1.165) is 16.7 Å². The summed E-state index contributed by atoms with van der Waals surface area (Å²) in [6.45, 7) is 4.25. The number of hydrogen-bond donors (Lipinski definition) is 3. The van der Waals surface area contributed by atoms with Crippen LogP contribution in [0, 0.1) is 5.82 Å². The minimum atomic E-state index is -1.19. The van der Waals surface area contributed by atoms with Gasteiger partial charge in [0.2, 0.25) is 0 Å². The number of hydrogen-bond acceptors (Lipinski definition) is 6. The van der Waals surface area contributed by atoms with Crippen LogP contribution in [0.1, 0.15) is 49.3 Å². The number of aliphatic hydroxyl groups is 2. The van der Waals surface area contributed by atoms with Crippen molar-refractivity contribution in [1.82, 2.24) is 4.98 Å². The second-order valence-corrected chi connectivity index (χ2v) is 9.01. The van der Waals surface area contributed by atoms with Crippen molar-refractivity contribution in [3.63, 3.8) is 0 Å². The fraction of sp³-hybridized carbons (Fsp3) is 0.310. The molecule has 1 heterocycles. The van der Waals surface area contributed by atoms with Crippen LogP contribution in [0.2, 0.25) is 0 Å². The zero-order valence-corrected chi connectivity index (χ0v) is 21.1. The van der Waals surface area contributed by atoms with Gasteiger partial charge in [-0.25, -0.2) is 4.39 Å². The van der Waals surface area contributed by atoms with E-state index in [0.29, 0.717) is 22.6 Å². The summed E-state index contributed by atoms with van der Waals surface area (Å²) in [7, 11) is 1.55. The van der Waals surface area contributed by atoms with Crippen LogP contribution in [0.5, 0.6) is 11.5 Å². The number of ether oxygens (including phenoxy) is 2. The first-order valence-electron chi connectivity index (χ1n) is 12.0. The first kappa shape index (κ1) is 27.8. The van der Waals surface area contributed by atoms with Crippen LogP contribution >= 0.6 is 0 Å². The number of halogens is 1. The van der Waals surface area contributed by atoms with Crippen LogP contribution < -0.4 is 9.47 Å². The SMILES string of the molecule is COc1cc(C(C)C)c(/C=C/C(O)CC(O)CC(=O)O)c(-c2ccc(F)cc2)c1OCc1cccnc1. The topological polar surface area (TPSA) is 109 Å². The van der Waals surface area contributed by atoms with Crippen LogP contribution in [0.25, 0.3) is 17.2 Å². The highest BCUT2D eigenvalue weighted by atomic mass is 19.1. The normalized spacial score (nSPS) is 13.1. The molecule has 0 saturated carbocycles. The van der Waals surface area contributed by atoms with Gasteiger partial charge in [-0.3, -0.25) is 9.78 Å². The maximum atomic E-state index is 13.8. The van der Waals surface area contributed by atoms with Crippen molar-refractivity contribution in [2.24, 2.45) is 0 Å². The van der Waals surface area contributed by atoms with Gasteiger partial charge in [-0.2, -0.15) is 0 Å². The third-order valence-electron chi connectivity index (χ3n) is 5.81. The molecule has 0 fully saturated rings. The molecule has 0 spiro atoms. The molecule has 37 heavy (non-hydrogen) atoms. The Balaban J connectivity index is 2.13. The Morgan fingerprint density at radius 3 is 2.49 bits per heavy atom. The summed E-state index contributed by atoms with van der Waals surface area (Å²) >= 11 is 0. The number of methoxy groups -OCH3 is 1. The Hall–Kier alpha value is -3.75. The Bertz CT molecular complexity index is 1210. The maximum Gasteiger partial charge on any atom is 0.305 e. The predicted octanol–water partition coefficient (Wildman–Crippen LogP) is 5.20. The van der Waals surface area contributed by atoms with Gasteiger partial charge in [0.05, 0.1) is 25.7 Å². The van der Waals surface area contributed by atoms with E-state index in [9.17, 15) is 19.4 Å². The van der Waals surface area contributed by atoms with Crippen LogP contribution in [0.3, 0.4) is 0 Å². The van der Waals surface area contributed by atoms with Gasteiger partial charge in [0, 0.05) is 29.9 Å². The number of pyridine rings is 1. The molecule has 196 valence electrons. The molecule has 0 radical (unpaired) electrons. The molecule has 3 N–H and O–H groups in total. The fourth-order valence-electron chi connectivity index (χ4n) is 4.02. The van der Waals surface area contributed by atoms with Gasteiger partial charge >= 0.3 is 5.97 Å². The standard InChI is InChI=1S/C29H32FNO6/c1-18(2)25-15-26(36-3)29(37-17-19-5-4-12-31-16-19)28(20-6-8-21(30)9-7-20)24(25)11-10-22(32)13-23(33)14-27(34)35/h4-12,15-16,18,22-23,32-33H,13-14,17H2,1-3H3,(H,34,35)/b11-10+. The minimum absolute atomic E-state index is 0.0508. The summed E-state index contributed by atoms with van der Waals surface area (Å²) in [6, 6.07) is 11.6. The Morgan fingerprint density at radius 2 is 1.89 bits per heavy atom. The van der Waals surface area contributed by atoms with E-state index >= 15 is 0 Å². The Morgan fingerprint density at radius 1 is 1.16 bits per heavy atom. The van der Waals surface area contributed by atoms with Gasteiger partial charge in [0.25, 0.3) is 0 Å². The summed E-state index contributed by atoms with van der Waals surface area (Å²) in [6.07, 6.45) is 3.74. The van der Waals surface area contributed by atoms with E-state index in [1.165, 1.54) is 18.2 Å². The smallest absolute Gasteiger partial charge is 0.305 e. The zero-order chi connectivity index (χ0) is 26.9. The lowest BCUT2D eigenvalue weighted by molar-refractivity contribution is -0.139. The van der Waals surface area contributed by atoms with Gasteiger partial charge in [-0.1, -0.05) is 44.2 Å². The van der Waals surface area contributed by atoms with Gasteiger partial charge < -0.3 is 24.8 Å². The van der Waals surface area contributed by atoms with Crippen LogP contribution in [-0.2, 0) is 11.4 Å². The lowest BCUT2D eigenvalue weighted by Gasteiger charge is -2.23. The number of carboxylic acids is 1. The third-order valence-corrected chi connectivity index (χ3v) is 5.81. The summed E-state index contributed by atoms with van der Waals surface area (Å²) in [5, 5.41) is 29.3. The van der Waals surface area contributed by atoms with Crippen molar-refractivity contribution in [2.45, 2.75) is 51.4 Å². The monoisotopic (exact) mass is 509 g/mol.